The predicted octanol–water partition coefficient (Wildman–Crippen LogP) is 2.93. The standard InChI is InChI=1S/C27H32N6O4/c1-17-16-32(2)8-9-33(17)27(35)19-6-4-18(5-7-19)24(34)13-23(30)26(31)21-12-20(15-28)25(14-22(21)29)37-11-10-36-3/h4-7,12-14,17,30-31,34H,8-11,16,29H2,1-3H3/b24-13-,30-23?,31-26?/t17-/m0/s1. The van der Waals surface area contributed by atoms with Crippen molar-refractivity contribution in [3.63, 3.8) is 0 Å². The monoisotopic (exact) mass is 504 g/mol. The van der Waals surface area contributed by atoms with E-state index in [0.717, 1.165) is 19.2 Å². The van der Waals surface area contributed by atoms with Crippen LogP contribution >= 0.6 is 0 Å². The van der Waals surface area contributed by atoms with Crippen molar-refractivity contribution >= 4 is 28.8 Å². The Balaban J connectivity index is 1.73. The van der Waals surface area contributed by atoms with Gasteiger partial charge >= 0.3 is 0 Å². The molecule has 5 N–H and O–H groups in total. The van der Waals surface area contributed by atoms with Gasteiger partial charge in [0.1, 0.15) is 24.2 Å². The van der Waals surface area contributed by atoms with E-state index in [-0.39, 0.29) is 58.3 Å². The van der Waals surface area contributed by atoms with E-state index in [1.807, 2.05) is 24.9 Å². The smallest absolute Gasteiger partial charge is 0.254 e. The number of piperazine rings is 1. The molecule has 1 aliphatic heterocycles. The number of allylic oxidation sites excluding steroid dienone is 1. The van der Waals surface area contributed by atoms with Crippen molar-refractivity contribution < 1.29 is 19.4 Å². The van der Waals surface area contributed by atoms with Crippen LogP contribution in [-0.2, 0) is 4.74 Å². The number of methoxy groups -OCH3 is 1. The van der Waals surface area contributed by atoms with E-state index < -0.39 is 0 Å². The van der Waals surface area contributed by atoms with Crippen LogP contribution in [0.5, 0.6) is 5.75 Å². The molecule has 1 heterocycles. The average Bonchev–Trinajstić information content (AvgIpc) is 2.88. The molecule has 0 unspecified atom stereocenters. The summed E-state index contributed by atoms with van der Waals surface area (Å²) in [5.41, 5.74) is 6.92. The van der Waals surface area contributed by atoms with Crippen LogP contribution in [0, 0.1) is 22.1 Å². The molecule has 1 amide bonds. The lowest BCUT2D eigenvalue weighted by Gasteiger charge is -2.38. The van der Waals surface area contributed by atoms with E-state index in [0.29, 0.717) is 24.3 Å². The number of nitrogens with zero attached hydrogens (tertiary/aromatic N) is 3. The van der Waals surface area contributed by atoms with Crippen LogP contribution in [-0.4, -0.2) is 85.3 Å². The molecule has 1 atom stereocenters. The highest BCUT2D eigenvalue weighted by atomic mass is 16.5. The predicted molar refractivity (Wildman–Crippen MR) is 143 cm³/mol. The number of aliphatic hydroxyl groups excluding tert-OH is 1. The normalized spacial score (nSPS) is 16.2. The number of hydrogen-bond donors (Lipinski definition) is 4. The van der Waals surface area contributed by atoms with Gasteiger partial charge in [-0.05, 0) is 32.2 Å². The summed E-state index contributed by atoms with van der Waals surface area (Å²) in [4.78, 5) is 17.0. The number of nitriles is 1. The van der Waals surface area contributed by atoms with Gasteiger partial charge in [-0.25, -0.2) is 0 Å². The zero-order valence-corrected chi connectivity index (χ0v) is 21.2. The van der Waals surface area contributed by atoms with Crippen LogP contribution in [0.2, 0.25) is 0 Å². The minimum atomic E-state index is -0.299. The van der Waals surface area contributed by atoms with Crippen LogP contribution in [0.3, 0.4) is 0 Å². The van der Waals surface area contributed by atoms with Crippen LogP contribution in [0.25, 0.3) is 5.76 Å². The Labute approximate surface area is 216 Å². The summed E-state index contributed by atoms with van der Waals surface area (Å²) in [5.74, 6) is -0.0389. The highest BCUT2D eigenvalue weighted by molar-refractivity contribution is 6.51. The Kier molecular flexibility index (Phi) is 9.00. The van der Waals surface area contributed by atoms with E-state index >= 15 is 0 Å². The largest absolute Gasteiger partial charge is 0.507 e. The van der Waals surface area contributed by atoms with E-state index in [9.17, 15) is 15.2 Å². The molecule has 0 aliphatic carbocycles. The molecule has 3 rings (SSSR count). The third kappa shape index (κ3) is 6.52. The number of nitrogens with two attached hydrogens (primary N) is 1. The fraction of sp³-hybridized carbons (Fsp3) is 0.333. The van der Waals surface area contributed by atoms with Crippen molar-refractivity contribution in [1.29, 1.82) is 16.1 Å². The Morgan fingerprint density at radius 1 is 1.22 bits per heavy atom. The van der Waals surface area contributed by atoms with Crippen LogP contribution in [0.15, 0.2) is 42.5 Å². The maximum atomic E-state index is 12.9. The molecule has 194 valence electrons. The summed E-state index contributed by atoms with van der Waals surface area (Å²) in [6.45, 7) is 4.86. The summed E-state index contributed by atoms with van der Waals surface area (Å²) in [7, 11) is 3.56. The highest BCUT2D eigenvalue weighted by Crippen LogP contribution is 2.26. The number of rotatable bonds is 9. The minimum absolute atomic E-state index is 0.0661. The summed E-state index contributed by atoms with van der Waals surface area (Å²) >= 11 is 0. The molecule has 2 aromatic rings. The first-order valence-corrected chi connectivity index (χ1v) is 11.8. The molecular formula is C27H32N6O4. The SMILES string of the molecule is COCCOc1cc(N)c(C(=N)C(=N)/C=C(\O)c2ccc(C(=O)N3CCN(C)C[C@@H]3C)cc2)cc1C#N. The fourth-order valence-corrected chi connectivity index (χ4v) is 4.08. The average molecular weight is 505 g/mol. The van der Waals surface area contributed by atoms with E-state index in [1.54, 1.807) is 24.3 Å². The first-order valence-electron chi connectivity index (χ1n) is 11.8. The number of nitrogen functional groups attached to an aromatic ring is 1. The Morgan fingerprint density at radius 3 is 2.51 bits per heavy atom. The van der Waals surface area contributed by atoms with Crippen LogP contribution in [0.4, 0.5) is 5.69 Å². The van der Waals surface area contributed by atoms with Crippen molar-refractivity contribution in [3.05, 3.63) is 64.7 Å². The molecule has 1 aliphatic rings. The molecule has 0 aromatic heterocycles. The maximum absolute atomic E-state index is 12.9. The molecular weight excluding hydrogens is 472 g/mol. The van der Waals surface area contributed by atoms with Gasteiger partial charge in [-0.2, -0.15) is 5.26 Å². The summed E-state index contributed by atoms with van der Waals surface area (Å²) < 4.78 is 10.4. The van der Waals surface area contributed by atoms with E-state index in [4.69, 9.17) is 26.0 Å². The van der Waals surface area contributed by atoms with Crippen LogP contribution in [0.1, 0.15) is 34.0 Å². The van der Waals surface area contributed by atoms with Crippen molar-refractivity contribution in [3.8, 4) is 11.8 Å². The second-order valence-corrected chi connectivity index (χ2v) is 8.89. The number of anilines is 1. The lowest BCUT2D eigenvalue weighted by molar-refractivity contribution is 0.0533. The second-order valence-electron chi connectivity index (χ2n) is 8.89. The maximum Gasteiger partial charge on any atom is 0.254 e. The Morgan fingerprint density at radius 2 is 1.89 bits per heavy atom. The molecule has 10 nitrogen and oxygen atoms in total. The van der Waals surface area contributed by atoms with Gasteiger partial charge in [0.15, 0.2) is 0 Å². The quantitative estimate of drug-likeness (QED) is 0.177. The minimum Gasteiger partial charge on any atom is -0.507 e. The van der Waals surface area contributed by atoms with Crippen molar-refractivity contribution in [2.45, 2.75) is 13.0 Å². The zero-order valence-electron chi connectivity index (χ0n) is 21.2. The Bertz CT molecular complexity index is 1250. The molecule has 0 spiro atoms. The zero-order chi connectivity index (χ0) is 27.1. The molecule has 0 saturated carbocycles. The van der Waals surface area contributed by atoms with Gasteiger partial charge in [-0.15, -0.1) is 0 Å². The molecule has 0 radical (unpaired) electrons. The molecule has 1 fully saturated rings. The van der Waals surface area contributed by atoms with Gasteiger partial charge in [0.25, 0.3) is 5.91 Å². The van der Waals surface area contributed by atoms with E-state index in [2.05, 4.69) is 4.90 Å². The molecule has 0 bridgehead atoms. The summed E-state index contributed by atoms with van der Waals surface area (Å²) in [5, 5.41) is 36.7. The van der Waals surface area contributed by atoms with Gasteiger partial charge in [0.05, 0.1) is 23.6 Å². The number of hydrogen-bond acceptors (Lipinski definition) is 9. The molecule has 10 heteroatoms. The first-order chi connectivity index (χ1) is 17.7. The number of amides is 1. The number of aliphatic hydroxyl groups is 1. The summed E-state index contributed by atoms with van der Waals surface area (Å²) in [6, 6.07) is 11.4. The van der Waals surface area contributed by atoms with Crippen molar-refractivity contribution in [2.24, 2.45) is 0 Å². The number of carbonyl (C=O) groups is 1. The van der Waals surface area contributed by atoms with Gasteiger partial charge < -0.3 is 30.1 Å². The number of likely N-dealkylation sites (N-methyl/N-ethyl adjacent to an activating group) is 1. The number of carbonyl (C=O) groups excluding carboxylic acids is 1. The third-order valence-corrected chi connectivity index (χ3v) is 6.16. The number of ether oxygens (including phenoxy) is 2. The number of nitrogens with one attached hydrogen (secondary N) is 2. The van der Waals surface area contributed by atoms with Crippen LogP contribution < -0.4 is 10.5 Å². The van der Waals surface area contributed by atoms with Crippen molar-refractivity contribution in [2.75, 3.05) is 52.7 Å². The lowest BCUT2D eigenvalue weighted by Crippen LogP contribution is -2.52. The van der Waals surface area contributed by atoms with Crippen molar-refractivity contribution in [1.82, 2.24) is 9.80 Å². The molecule has 37 heavy (non-hydrogen) atoms. The molecule has 2 aromatic carbocycles. The topological polar surface area (TPSA) is 160 Å². The lowest BCUT2D eigenvalue weighted by atomic mass is 9.99. The van der Waals surface area contributed by atoms with Gasteiger partial charge in [0.2, 0.25) is 0 Å². The highest BCUT2D eigenvalue weighted by Gasteiger charge is 2.26. The van der Waals surface area contributed by atoms with Gasteiger partial charge in [-0.1, -0.05) is 12.1 Å². The fourth-order valence-electron chi connectivity index (χ4n) is 4.08. The molecule has 1 saturated heterocycles. The number of benzene rings is 2. The van der Waals surface area contributed by atoms with Gasteiger partial charge in [-0.3, -0.25) is 15.6 Å². The second kappa shape index (κ2) is 12.2. The van der Waals surface area contributed by atoms with Gasteiger partial charge in [0, 0.05) is 67.3 Å². The first kappa shape index (κ1) is 27.4. The van der Waals surface area contributed by atoms with E-state index in [1.165, 1.54) is 19.2 Å². The Hall–Kier alpha value is -4.20. The third-order valence-electron chi connectivity index (χ3n) is 6.16. The summed E-state index contributed by atoms with van der Waals surface area (Å²) in [6.07, 6.45) is 1.14.